The van der Waals surface area contributed by atoms with E-state index < -0.39 is 4.92 Å². The summed E-state index contributed by atoms with van der Waals surface area (Å²) in [7, 11) is 0. The molecule has 2 amide bonds. The number of fused-ring (bicyclic) bond motifs is 1. The average Bonchev–Trinajstić information content (AvgIpc) is 2.93. The number of hydrogen-bond donors (Lipinski definition) is 0. The zero-order valence-electron chi connectivity index (χ0n) is 22.1. The summed E-state index contributed by atoms with van der Waals surface area (Å²) in [6.45, 7) is 4.17. The molecule has 0 spiro atoms. The molecule has 0 fully saturated rings. The minimum absolute atomic E-state index is 0.0552. The number of amides is 2. The molecule has 0 bridgehead atoms. The average molecular weight is 514 g/mol. The number of benzene rings is 3. The van der Waals surface area contributed by atoms with Crippen molar-refractivity contribution in [1.82, 2.24) is 0 Å². The smallest absolute Gasteiger partial charge is 0.269 e. The highest BCUT2D eigenvalue weighted by atomic mass is 16.6. The molecule has 0 unspecified atom stereocenters. The van der Waals surface area contributed by atoms with E-state index in [1.165, 1.54) is 30.7 Å². The second-order valence-electron chi connectivity index (χ2n) is 9.90. The Labute approximate surface area is 224 Å². The maximum absolute atomic E-state index is 13.7. The highest BCUT2D eigenvalue weighted by Gasteiger charge is 2.38. The third kappa shape index (κ3) is 5.93. The Hall–Kier alpha value is -4.00. The number of anilines is 2. The van der Waals surface area contributed by atoms with Crippen molar-refractivity contribution >= 4 is 28.9 Å². The van der Waals surface area contributed by atoms with Crippen LogP contribution in [-0.4, -0.2) is 22.8 Å². The molecule has 0 radical (unpaired) electrons. The summed E-state index contributed by atoms with van der Waals surface area (Å²) in [5.74, 6) is -0.123. The zero-order chi connectivity index (χ0) is 27.1. The summed E-state index contributed by atoms with van der Waals surface area (Å²) in [5, 5.41) is 11.1. The molecule has 2 atom stereocenters. The molecule has 0 saturated carbocycles. The normalized spacial score (nSPS) is 16.5. The second kappa shape index (κ2) is 12.5. The van der Waals surface area contributed by atoms with Crippen LogP contribution in [0.15, 0.2) is 78.9 Å². The number of rotatable bonds is 10. The Morgan fingerprint density at radius 3 is 2.26 bits per heavy atom. The summed E-state index contributed by atoms with van der Waals surface area (Å²) in [6, 6.07) is 22.8. The summed E-state index contributed by atoms with van der Waals surface area (Å²) in [6.07, 6.45) is 6.44. The molecule has 3 aromatic rings. The van der Waals surface area contributed by atoms with Crippen LogP contribution >= 0.6 is 0 Å². The van der Waals surface area contributed by atoms with Gasteiger partial charge >= 0.3 is 0 Å². The first-order chi connectivity index (χ1) is 18.4. The largest absolute Gasteiger partial charge is 0.305 e. The Balaban J connectivity index is 1.66. The van der Waals surface area contributed by atoms with Crippen LogP contribution in [0.4, 0.5) is 17.1 Å². The minimum Gasteiger partial charge on any atom is -0.305 e. The highest BCUT2D eigenvalue weighted by Crippen LogP contribution is 2.43. The molecule has 198 valence electrons. The molecule has 4 rings (SSSR count). The van der Waals surface area contributed by atoms with E-state index in [2.05, 4.69) is 6.92 Å². The van der Waals surface area contributed by atoms with Crippen molar-refractivity contribution < 1.29 is 14.5 Å². The highest BCUT2D eigenvalue weighted by molar-refractivity contribution is 6.07. The van der Waals surface area contributed by atoms with Crippen LogP contribution < -0.4 is 9.80 Å². The van der Waals surface area contributed by atoms with Gasteiger partial charge < -0.3 is 9.80 Å². The zero-order valence-corrected chi connectivity index (χ0v) is 22.1. The van der Waals surface area contributed by atoms with Gasteiger partial charge in [0.15, 0.2) is 0 Å². The molecular formula is C31H35N3O4. The van der Waals surface area contributed by atoms with Gasteiger partial charge in [0.1, 0.15) is 0 Å². The SMILES string of the molecule is CCCCCCCC(=O)N(c1ccccc1)[C@@H]1C[C@@H](C)N(C(=O)c2ccc([N+](=O)[O-])cc2)c2ccccc21. The van der Waals surface area contributed by atoms with Gasteiger partial charge in [-0.05, 0) is 55.7 Å². The van der Waals surface area contributed by atoms with Crippen LogP contribution in [0.25, 0.3) is 0 Å². The molecule has 0 saturated heterocycles. The van der Waals surface area contributed by atoms with Crippen molar-refractivity contribution in [2.24, 2.45) is 0 Å². The van der Waals surface area contributed by atoms with Gasteiger partial charge in [-0.1, -0.05) is 69.0 Å². The number of non-ortho nitro benzene ring substituents is 1. The molecule has 0 aromatic heterocycles. The first-order valence-electron chi connectivity index (χ1n) is 13.5. The molecular weight excluding hydrogens is 478 g/mol. The molecule has 0 N–H and O–H groups in total. The van der Waals surface area contributed by atoms with Crippen LogP contribution in [0.5, 0.6) is 0 Å². The minimum atomic E-state index is -0.476. The lowest BCUT2D eigenvalue weighted by atomic mass is 9.89. The monoisotopic (exact) mass is 513 g/mol. The van der Waals surface area contributed by atoms with E-state index in [9.17, 15) is 19.7 Å². The molecule has 7 nitrogen and oxygen atoms in total. The summed E-state index contributed by atoms with van der Waals surface area (Å²) in [5.41, 5.74) is 2.87. The first-order valence-corrected chi connectivity index (χ1v) is 13.5. The van der Waals surface area contributed by atoms with Gasteiger partial charge in [0, 0.05) is 41.5 Å². The number of hydrogen-bond acceptors (Lipinski definition) is 4. The van der Waals surface area contributed by atoms with Crippen molar-refractivity contribution in [3.63, 3.8) is 0 Å². The maximum Gasteiger partial charge on any atom is 0.269 e. The second-order valence-corrected chi connectivity index (χ2v) is 9.90. The number of nitro groups is 1. The van der Waals surface area contributed by atoms with E-state index in [1.54, 1.807) is 4.90 Å². The molecule has 0 aliphatic carbocycles. The van der Waals surface area contributed by atoms with Gasteiger partial charge in [0.25, 0.3) is 11.6 Å². The predicted octanol–water partition coefficient (Wildman–Crippen LogP) is 7.47. The van der Waals surface area contributed by atoms with Gasteiger partial charge in [0.05, 0.1) is 11.0 Å². The Bertz CT molecular complexity index is 1260. The molecule has 3 aromatic carbocycles. The van der Waals surface area contributed by atoms with E-state index >= 15 is 0 Å². The van der Waals surface area contributed by atoms with Crippen molar-refractivity contribution in [3.05, 3.63) is 100 Å². The van der Waals surface area contributed by atoms with Crippen LogP contribution in [0.3, 0.4) is 0 Å². The summed E-state index contributed by atoms with van der Waals surface area (Å²) < 4.78 is 0. The summed E-state index contributed by atoms with van der Waals surface area (Å²) >= 11 is 0. The maximum atomic E-state index is 13.7. The van der Waals surface area contributed by atoms with Crippen molar-refractivity contribution in [2.45, 2.75) is 70.9 Å². The topological polar surface area (TPSA) is 83.8 Å². The number of unbranched alkanes of at least 4 members (excludes halogenated alkanes) is 4. The predicted molar refractivity (Wildman–Crippen MR) is 150 cm³/mol. The number of carbonyl (C=O) groups excluding carboxylic acids is 2. The molecule has 7 heteroatoms. The van der Waals surface area contributed by atoms with Gasteiger partial charge in [0.2, 0.25) is 5.91 Å². The lowest BCUT2D eigenvalue weighted by Crippen LogP contribution is -2.47. The molecule has 1 aliphatic heterocycles. The van der Waals surface area contributed by atoms with E-state index in [1.807, 2.05) is 66.4 Å². The molecule has 1 heterocycles. The van der Waals surface area contributed by atoms with Gasteiger partial charge in [-0.25, -0.2) is 0 Å². The first kappa shape index (κ1) is 27.0. The van der Waals surface area contributed by atoms with Crippen molar-refractivity contribution in [1.29, 1.82) is 0 Å². The third-order valence-corrected chi connectivity index (χ3v) is 7.21. The third-order valence-electron chi connectivity index (χ3n) is 7.21. The summed E-state index contributed by atoms with van der Waals surface area (Å²) in [4.78, 5) is 41.6. The fourth-order valence-electron chi connectivity index (χ4n) is 5.29. The fourth-order valence-corrected chi connectivity index (χ4v) is 5.29. The van der Waals surface area contributed by atoms with E-state index in [0.29, 0.717) is 18.4 Å². The Morgan fingerprint density at radius 2 is 1.58 bits per heavy atom. The van der Waals surface area contributed by atoms with Crippen LogP contribution in [0, 0.1) is 10.1 Å². The van der Waals surface area contributed by atoms with Crippen LogP contribution in [-0.2, 0) is 4.79 Å². The number of carbonyl (C=O) groups is 2. The van der Waals surface area contributed by atoms with E-state index in [-0.39, 0.29) is 29.6 Å². The Kier molecular flexibility index (Phi) is 8.89. The van der Waals surface area contributed by atoms with Gasteiger partial charge in [-0.15, -0.1) is 0 Å². The number of para-hydroxylation sites is 2. The fraction of sp³-hybridized carbons (Fsp3) is 0.355. The Morgan fingerprint density at radius 1 is 0.921 bits per heavy atom. The van der Waals surface area contributed by atoms with Crippen LogP contribution in [0.2, 0.25) is 0 Å². The van der Waals surface area contributed by atoms with Crippen LogP contribution in [0.1, 0.15) is 80.8 Å². The van der Waals surface area contributed by atoms with Crippen molar-refractivity contribution in [2.75, 3.05) is 9.80 Å². The lowest BCUT2D eigenvalue weighted by molar-refractivity contribution is -0.384. The molecule has 38 heavy (non-hydrogen) atoms. The van der Waals surface area contributed by atoms with Gasteiger partial charge in [-0.2, -0.15) is 0 Å². The number of nitro benzene ring substituents is 1. The van der Waals surface area contributed by atoms with Crippen molar-refractivity contribution in [3.8, 4) is 0 Å². The number of nitrogens with zero attached hydrogens (tertiary/aromatic N) is 3. The van der Waals surface area contributed by atoms with E-state index in [4.69, 9.17) is 0 Å². The quantitative estimate of drug-likeness (QED) is 0.160. The lowest BCUT2D eigenvalue weighted by Gasteiger charge is -2.43. The molecule has 1 aliphatic rings. The standard InChI is InChI=1S/C31H35N3O4/c1-3-4-5-6-10-17-30(35)33(25-13-8-7-9-14-25)29-22-23(2)32(28-16-12-11-15-27(28)29)31(36)24-18-20-26(21-19-24)34(37)38/h7-9,11-16,18-21,23,29H,3-6,10,17,22H2,1-2H3/t23-,29-/m1/s1. The van der Waals surface area contributed by atoms with Gasteiger partial charge in [-0.3, -0.25) is 19.7 Å². The van der Waals surface area contributed by atoms with E-state index in [0.717, 1.165) is 42.6 Å².